The van der Waals surface area contributed by atoms with E-state index in [1.807, 2.05) is 68.4 Å². The molecule has 0 aliphatic carbocycles. The lowest BCUT2D eigenvalue weighted by atomic mass is 9.80. The second kappa shape index (κ2) is 11.4. The second-order valence-electron chi connectivity index (χ2n) is 9.91. The van der Waals surface area contributed by atoms with Crippen molar-refractivity contribution in [3.8, 4) is 12.3 Å². The van der Waals surface area contributed by atoms with Gasteiger partial charge >= 0.3 is 0 Å². The van der Waals surface area contributed by atoms with Crippen LogP contribution in [0.5, 0.6) is 0 Å². The third-order valence-corrected chi connectivity index (χ3v) is 7.05. The fourth-order valence-electron chi connectivity index (χ4n) is 5.44. The van der Waals surface area contributed by atoms with Crippen molar-refractivity contribution in [2.75, 3.05) is 20.3 Å². The Morgan fingerprint density at radius 1 is 0.868 bits per heavy atom. The van der Waals surface area contributed by atoms with Crippen LogP contribution in [0.3, 0.4) is 0 Å². The van der Waals surface area contributed by atoms with E-state index in [4.69, 9.17) is 34.8 Å². The monoisotopic (exact) mass is 514 g/mol. The van der Waals surface area contributed by atoms with Crippen LogP contribution in [0.4, 0.5) is 0 Å². The van der Waals surface area contributed by atoms with Crippen LogP contribution in [0.2, 0.25) is 0 Å². The minimum Gasteiger partial charge on any atom is -0.376 e. The van der Waals surface area contributed by atoms with Gasteiger partial charge in [-0.25, -0.2) is 0 Å². The molecule has 5 atom stereocenters. The molecular formula is C32H34O6. The topological polar surface area (TPSA) is 55.4 Å². The van der Waals surface area contributed by atoms with E-state index in [1.54, 1.807) is 7.11 Å². The maximum absolute atomic E-state index is 7.00. The maximum atomic E-state index is 7.00. The van der Waals surface area contributed by atoms with Gasteiger partial charge in [-0.15, -0.1) is 6.42 Å². The van der Waals surface area contributed by atoms with E-state index < -0.39 is 36.0 Å². The molecule has 2 saturated heterocycles. The minimum atomic E-state index is -0.909. The van der Waals surface area contributed by atoms with Gasteiger partial charge in [-0.1, -0.05) is 96.9 Å². The smallest absolute Gasteiger partial charge is 0.190 e. The summed E-state index contributed by atoms with van der Waals surface area (Å²) in [6, 6.07) is 30.6. The highest BCUT2D eigenvalue weighted by molar-refractivity contribution is 5.47. The van der Waals surface area contributed by atoms with Gasteiger partial charge in [-0.2, -0.15) is 0 Å². The Morgan fingerprint density at radius 3 is 1.87 bits per heavy atom. The van der Waals surface area contributed by atoms with Crippen LogP contribution in [0.25, 0.3) is 0 Å². The summed E-state index contributed by atoms with van der Waals surface area (Å²) in [7, 11) is 1.64. The fraction of sp³-hybridized carbons (Fsp3) is 0.375. The quantitative estimate of drug-likeness (QED) is 0.283. The summed E-state index contributed by atoms with van der Waals surface area (Å²) in [5, 5.41) is 0. The van der Waals surface area contributed by atoms with Gasteiger partial charge in [0.05, 0.1) is 6.61 Å². The number of hydrogen-bond acceptors (Lipinski definition) is 6. The first-order valence-electron chi connectivity index (χ1n) is 12.9. The molecule has 5 rings (SSSR count). The molecule has 6 heteroatoms. The third-order valence-electron chi connectivity index (χ3n) is 7.05. The lowest BCUT2D eigenvalue weighted by Gasteiger charge is -2.38. The SMILES string of the molecule is C#CCO[C@H](COC(c1ccccc1)(c1ccccc1)c1ccccc1)[C@H]1O[C@@H]2OC(C)(C)O[C@@H]2[C@H]1OC. The maximum Gasteiger partial charge on any atom is 0.190 e. The van der Waals surface area contributed by atoms with Gasteiger partial charge in [-0.3, -0.25) is 0 Å². The molecule has 0 saturated carbocycles. The molecule has 0 N–H and O–H groups in total. The first-order valence-corrected chi connectivity index (χ1v) is 12.9. The van der Waals surface area contributed by atoms with E-state index in [0.29, 0.717) is 0 Å². The average Bonchev–Trinajstić information content (AvgIpc) is 3.43. The van der Waals surface area contributed by atoms with Crippen molar-refractivity contribution >= 4 is 0 Å². The Hall–Kier alpha value is -3.02. The van der Waals surface area contributed by atoms with E-state index in [9.17, 15) is 0 Å². The highest BCUT2D eigenvalue weighted by Gasteiger charge is 2.57. The number of hydrogen-bond donors (Lipinski definition) is 0. The zero-order valence-corrected chi connectivity index (χ0v) is 22.0. The number of ether oxygens (including phenoxy) is 6. The van der Waals surface area contributed by atoms with Gasteiger partial charge in [0.2, 0.25) is 0 Å². The summed E-state index contributed by atoms with van der Waals surface area (Å²) in [5.74, 6) is 1.82. The summed E-state index contributed by atoms with van der Waals surface area (Å²) in [6.45, 7) is 4.00. The van der Waals surface area contributed by atoms with Gasteiger partial charge in [0.1, 0.15) is 36.6 Å². The number of fused-ring (bicyclic) bond motifs is 1. The van der Waals surface area contributed by atoms with Crippen LogP contribution in [0.15, 0.2) is 91.0 Å². The Kier molecular flexibility index (Phi) is 7.96. The van der Waals surface area contributed by atoms with Gasteiger partial charge in [0.25, 0.3) is 0 Å². The highest BCUT2D eigenvalue weighted by Crippen LogP contribution is 2.43. The van der Waals surface area contributed by atoms with E-state index in [-0.39, 0.29) is 19.3 Å². The minimum absolute atomic E-state index is 0.0991. The van der Waals surface area contributed by atoms with Crippen LogP contribution < -0.4 is 0 Å². The van der Waals surface area contributed by atoms with E-state index in [2.05, 4.69) is 42.3 Å². The Balaban J connectivity index is 1.52. The van der Waals surface area contributed by atoms with Crippen LogP contribution in [-0.2, 0) is 34.0 Å². The van der Waals surface area contributed by atoms with Crippen LogP contribution in [-0.4, -0.2) is 56.8 Å². The molecule has 3 aromatic rings. The molecule has 2 heterocycles. The van der Waals surface area contributed by atoms with Crippen LogP contribution in [0, 0.1) is 12.3 Å². The van der Waals surface area contributed by atoms with Crippen molar-refractivity contribution in [2.45, 2.75) is 55.9 Å². The molecule has 0 spiro atoms. The zero-order valence-electron chi connectivity index (χ0n) is 22.0. The zero-order chi connectivity index (χ0) is 26.6. The molecule has 3 aromatic carbocycles. The number of benzene rings is 3. The van der Waals surface area contributed by atoms with Gasteiger partial charge in [0.15, 0.2) is 12.1 Å². The molecule has 0 radical (unpaired) electrons. The Labute approximate surface area is 224 Å². The average molecular weight is 515 g/mol. The molecule has 2 fully saturated rings. The molecule has 38 heavy (non-hydrogen) atoms. The van der Waals surface area contributed by atoms with Crippen LogP contribution in [0.1, 0.15) is 30.5 Å². The number of terminal acetylenes is 1. The van der Waals surface area contributed by atoms with Crippen molar-refractivity contribution in [2.24, 2.45) is 0 Å². The second-order valence-corrected chi connectivity index (χ2v) is 9.91. The standard InChI is InChI=1S/C32H34O6/c1-5-21-34-26(27-28(33-4)29-30(36-27)38-31(2,3)37-29)22-35-32(23-15-9-6-10-16-23,24-17-11-7-12-18-24)25-19-13-8-14-20-25/h1,6-20,26-30H,21-22H2,2-4H3/t26-,27-,28+,29-,30-/m1/s1. The first-order chi connectivity index (χ1) is 18.5. The molecule has 0 unspecified atom stereocenters. The van der Waals surface area contributed by atoms with E-state index in [1.165, 1.54) is 0 Å². The van der Waals surface area contributed by atoms with Crippen molar-refractivity contribution in [1.82, 2.24) is 0 Å². The van der Waals surface area contributed by atoms with Crippen molar-refractivity contribution in [3.63, 3.8) is 0 Å². The van der Waals surface area contributed by atoms with E-state index in [0.717, 1.165) is 16.7 Å². The lowest BCUT2D eigenvalue weighted by Crippen LogP contribution is -2.47. The van der Waals surface area contributed by atoms with Gasteiger partial charge < -0.3 is 28.4 Å². The predicted molar refractivity (Wildman–Crippen MR) is 143 cm³/mol. The summed E-state index contributed by atoms with van der Waals surface area (Å²) in [4.78, 5) is 0. The van der Waals surface area contributed by atoms with E-state index >= 15 is 0 Å². The fourth-order valence-corrected chi connectivity index (χ4v) is 5.44. The molecule has 198 valence electrons. The molecule has 2 aliphatic heterocycles. The van der Waals surface area contributed by atoms with Crippen molar-refractivity contribution in [3.05, 3.63) is 108 Å². The number of rotatable bonds is 10. The normalized spacial score (nSPS) is 25.0. The lowest BCUT2D eigenvalue weighted by molar-refractivity contribution is -0.235. The molecule has 2 aliphatic rings. The molecule has 0 amide bonds. The third kappa shape index (κ3) is 5.14. The predicted octanol–water partition coefficient (Wildman–Crippen LogP) is 4.90. The summed E-state index contributed by atoms with van der Waals surface area (Å²) in [5.41, 5.74) is 2.07. The van der Waals surface area contributed by atoms with Gasteiger partial charge in [0, 0.05) is 7.11 Å². The largest absolute Gasteiger partial charge is 0.376 e. The molecule has 0 aromatic heterocycles. The van der Waals surface area contributed by atoms with Crippen molar-refractivity contribution < 1.29 is 28.4 Å². The van der Waals surface area contributed by atoms with Crippen molar-refractivity contribution in [1.29, 1.82) is 0 Å². The van der Waals surface area contributed by atoms with Crippen LogP contribution >= 0.6 is 0 Å². The summed E-state index contributed by atoms with van der Waals surface area (Å²) in [6.07, 6.45) is 3.14. The molecular weight excluding hydrogens is 480 g/mol. The number of methoxy groups -OCH3 is 1. The molecule has 6 nitrogen and oxygen atoms in total. The first kappa shape index (κ1) is 26.6. The Morgan fingerprint density at radius 2 is 1.39 bits per heavy atom. The summed E-state index contributed by atoms with van der Waals surface area (Å²) < 4.78 is 37.4. The van der Waals surface area contributed by atoms with Gasteiger partial charge in [-0.05, 0) is 30.5 Å². The summed E-state index contributed by atoms with van der Waals surface area (Å²) >= 11 is 0. The molecule has 0 bridgehead atoms. The highest BCUT2D eigenvalue weighted by atomic mass is 16.8. The Bertz CT molecular complexity index is 1110.